The molecule has 4 aromatic heterocycles. The average Bonchev–Trinajstić information content (AvgIpc) is 2.98. The van der Waals surface area contributed by atoms with E-state index in [4.69, 9.17) is 90.1 Å². The minimum Gasteiger partial charge on any atom is -0.495 e. The van der Waals surface area contributed by atoms with Crippen molar-refractivity contribution in [3.8, 4) is 17.6 Å². The number of aromatic nitrogens is 6. The Hall–Kier alpha value is -6.79. The third-order valence-corrected chi connectivity index (χ3v) is 14.5. The number of ketones is 1. The van der Waals surface area contributed by atoms with Gasteiger partial charge in [-0.15, -0.1) is 23.2 Å². The maximum absolute atomic E-state index is 13.1. The van der Waals surface area contributed by atoms with Crippen molar-refractivity contribution >= 4 is 104 Å². The number of hydrogen-bond acceptors (Lipinski definition) is 14. The molecule has 8 rings (SSSR count). The summed E-state index contributed by atoms with van der Waals surface area (Å²) in [6.45, 7) is 5.44. The van der Waals surface area contributed by atoms with Crippen molar-refractivity contribution in [1.82, 2.24) is 44.6 Å². The minimum atomic E-state index is -4.72. The number of benzene rings is 2. The highest BCUT2D eigenvalue weighted by Crippen LogP contribution is 2.38. The number of halogens is 12. The van der Waals surface area contributed by atoms with Gasteiger partial charge in [0.1, 0.15) is 30.7 Å². The Kier molecular flexibility index (Phi) is 26.0. The van der Waals surface area contributed by atoms with Crippen LogP contribution in [0.4, 0.5) is 37.7 Å². The smallest absolute Gasteiger partial charge is 0.436 e. The Morgan fingerprint density at radius 1 is 0.647 bits per heavy atom. The molecule has 0 atom stereocenters. The Morgan fingerprint density at radius 3 is 1.40 bits per heavy atom. The second-order valence-corrected chi connectivity index (χ2v) is 20.7. The third kappa shape index (κ3) is 18.9. The summed E-state index contributed by atoms with van der Waals surface area (Å²) < 4.78 is 90.9. The van der Waals surface area contributed by atoms with Gasteiger partial charge in [-0.2, -0.15) is 41.8 Å². The number of nitrogens with zero attached hydrogens (tertiary/aromatic N) is 11. The van der Waals surface area contributed by atoms with Crippen LogP contribution in [0.2, 0.25) is 20.1 Å². The lowest BCUT2D eigenvalue weighted by Gasteiger charge is -2.37. The van der Waals surface area contributed by atoms with Gasteiger partial charge >= 0.3 is 12.4 Å². The fourth-order valence-corrected chi connectivity index (χ4v) is 9.52. The van der Waals surface area contributed by atoms with Crippen LogP contribution in [0.1, 0.15) is 54.9 Å². The van der Waals surface area contributed by atoms with E-state index >= 15 is 0 Å². The molecule has 0 bridgehead atoms. The predicted molar refractivity (Wildman–Crippen MR) is 311 cm³/mol. The lowest BCUT2D eigenvalue weighted by Crippen LogP contribution is -2.50. The summed E-state index contributed by atoms with van der Waals surface area (Å²) in [5.41, 5.74) is 6.40. The topological polar surface area (TPSA) is 223 Å². The molecule has 2 aliphatic rings. The number of carbonyl (C=O) groups is 4. The standard InChI is InChI=1S/C26H27Cl2F3N6O3.C20H18Cl2F3N5O3.C7H10N2.CH2Cl2/c1-16-23(28)24(26(29,30)31)34-37(16)15-22(38)36-11-9-35(10-12-36)20-14-21(40-2)19(27)13-18(20)25(39)33-8-6-17-5-3-4-7-32-17;1-11-18(22)19(20(23,24)25)27-30(11)10-17(32)29-5-3-28(4-6-29)14-8-16(33-2)13(21)7-12(14)15(31)9-26;8-5-4-7-3-1-2-6-9-7;2-1-3/h3-5,7,13-14H,6,8-12,15H2,1-2H3,(H,33,39);7-8H,3-6,10H2,1-2H3;1-3,6H,4-5,8H2;1H2. The Morgan fingerprint density at radius 2 is 1.05 bits per heavy atom. The van der Waals surface area contributed by atoms with E-state index in [9.17, 15) is 45.5 Å². The molecular formula is C54H57Cl6F6N13O6. The summed E-state index contributed by atoms with van der Waals surface area (Å²) in [6.07, 6.45) is -4.54. The largest absolute Gasteiger partial charge is 0.495 e. The maximum Gasteiger partial charge on any atom is 0.436 e. The number of carbonyl (C=O) groups excluding carboxylic acids is 4. The van der Waals surface area contributed by atoms with Crippen molar-refractivity contribution < 1.29 is 55.0 Å². The van der Waals surface area contributed by atoms with E-state index in [0.29, 0.717) is 74.1 Å². The number of pyridine rings is 2. The van der Waals surface area contributed by atoms with Crippen molar-refractivity contribution in [2.45, 2.75) is 52.1 Å². The molecule has 2 saturated heterocycles. The molecule has 458 valence electrons. The molecule has 3 amide bonds. The quantitative estimate of drug-likeness (QED) is 0.0423. The number of rotatable bonds is 15. The molecule has 2 aliphatic heterocycles. The SMILES string of the molecule is COc1cc(N2CCN(C(=O)Cn3nc(C(F)(F)F)c(Cl)c3C)CC2)c(C(=O)C#N)cc1Cl.COc1cc(N2CCN(C(=O)Cn3nc(C(F)(F)F)c(Cl)c3C)CC2)c(C(=O)NCCc2ccccn2)cc1Cl.ClCCl.NCCc1ccccn1. The summed E-state index contributed by atoms with van der Waals surface area (Å²) in [6, 6.07) is 19.1. The van der Waals surface area contributed by atoms with Crippen LogP contribution < -0.4 is 30.3 Å². The molecule has 0 aliphatic carbocycles. The fourth-order valence-electron chi connectivity index (χ4n) is 8.55. The minimum absolute atomic E-state index is 0.0453. The van der Waals surface area contributed by atoms with Crippen LogP contribution >= 0.6 is 69.6 Å². The van der Waals surface area contributed by atoms with E-state index in [1.54, 1.807) is 41.6 Å². The number of Topliss-reactive ketones (excluding diaryl/α,β-unsaturated/α-hetero) is 1. The van der Waals surface area contributed by atoms with Crippen LogP contribution in [0.5, 0.6) is 11.5 Å². The average molecular weight is 1310 g/mol. The second kappa shape index (κ2) is 32.1. The van der Waals surface area contributed by atoms with Gasteiger partial charge in [0.15, 0.2) is 11.4 Å². The second-order valence-electron chi connectivity index (χ2n) is 18.3. The third-order valence-electron chi connectivity index (χ3n) is 13.0. The summed E-state index contributed by atoms with van der Waals surface area (Å²) in [7, 11) is 2.89. The number of ether oxygens (including phenoxy) is 2. The predicted octanol–water partition coefficient (Wildman–Crippen LogP) is 9.83. The molecule has 19 nitrogen and oxygen atoms in total. The van der Waals surface area contributed by atoms with E-state index in [2.05, 4.69) is 25.5 Å². The van der Waals surface area contributed by atoms with Gasteiger partial charge in [0.2, 0.25) is 11.8 Å². The van der Waals surface area contributed by atoms with Crippen LogP contribution in [0.3, 0.4) is 0 Å². The van der Waals surface area contributed by atoms with Crippen molar-refractivity contribution in [3.05, 3.63) is 138 Å². The molecule has 31 heteroatoms. The van der Waals surface area contributed by atoms with E-state index in [0.717, 1.165) is 27.2 Å². The molecule has 2 aromatic carbocycles. The number of nitrogens with one attached hydrogen (secondary N) is 1. The van der Waals surface area contributed by atoms with Crippen LogP contribution in [-0.4, -0.2) is 148 Å². The zero-order chi connectivity index (χ0) is 62.8. The number of anilines is 2. The number of amides is 3. The highest BCUT2D eigenvalue weighted by molar-refractivity contribution is 6.40. The van der Waals surface area contributed by atoms with Gasteiger partial charge in [0, 0.05) is 108 Å². The molecule has 6 aromatic rings. The van der Waals surface area contributed by atoms with Crippen LogP contribution in [0.15, 0.2) is 73.1 Å². The normalized spacial score (nSPS) is 13.3. The van der Waals surface area contributed by atoms with Crippen molar-refractivity contribution in [3.63, 3.8) is 0 Å². The maximum atomic E-state index is 13.1. The van der Waals surface area contributed by atoms with Crippen LogP contribution in [0, 0.1) is 25.2 Å². The van der Waals surface area contributed by atoms with E-state index in [1.807, 2.05) is 46.2 Å². The summed E-state index contributed by atoms with van der Waals surface area (Å²) in [4.78, 5) is 65.9. The Balaban J connectivity index is 0.000000263. The zero-order valence-electron chi connectivity index (χ0n) is 46.0. The van der Waals surface area contributed by atoms with Crippen molar-refractivity contribution in [1.29, 1.82) is 5.26 Å². The Bertz CT molecular complexity index is 3280. The molecule has 6 heterocycles. The van der Waals surface area contributed by atoms with Gasteiger partial charge in [-0.05, 0) is 56.8 Å². The molecule has 0 spiro atoms. The highest BCUT2D eigenvalue weighted by atomic mass is 35.5. The fraction of sp³-hybridized carbons (Fsp3) is 0.389. The zero-order valence-corrected chi connectivity index (χ0v) is 50.6. The molecule has 0 unspecified atom stereocenters. The van der Waals surface area contributed by atoms with Crippen molar-refractivity contribution in [2.75, 3.05) is 94.8 Å². The molecular weight excluding hydrogens is 1250 g/mol. The van der Waals surface area contributed by atoms with Gasteiger partial charge in [-0.25, -0.2) is 0 Å². The number of nitrogens with two attached hydrogens (primary N) is 1. The van der Waals surface area contributed by atoms with E-state index in [-0.39, 0.29) is 71.0 Å². The van der Waals surface area contributed by atoms with E-state index in [1.165, 1.54) is 39.0 Å². The van der Waals surface area contributed by atoms with Gasteiger partial charge < -0.3 is 40.1 Å². The molecule has 85 heavy (non-hydrogen) atoms. The molecule has 0 saturated carbocycles. The van der Waals surface area contributed by atoms with Crippen molar-refractivity contribution in [2.24, 2.45) is 5.73 Å². The number of alkyl halides is 8. The summed E-state index contributed by atoms with van der Waals surface area (Å²) in [5, 5.41) is 18.5. The summed E-state index contributed by atoms with van der Waals surface area (Å²) >= 11 is 33.5. The first-order chi connectivity index (χ1) is 40.3. The highest BCUT2D eigenvalue weighted by Gasteiger charge is 2.40. The number of nitriles is 1. The van der Waals surface area contributed by atoms with Crippen LogP contribution in [-0.2, 0) is 47.9 Å². The molecule has 0 radical (unpaired) electrons. The number of hydrogen-bond donors (Lipinski definition) is 2. The first kappa shape index (κ1) is 69.0. The lowest BCUT2D eigenvalue weighted by molar-refractivity contribution is -0.142. The summed E-state index contributed by atoms with van der Waals surface area (Å²) in [5.74, 6) is -1.18. The van der Waals surface area contributed by atoms with Gasteiger partial charge in [-0.3, -0.25) is 38.5 Å². The number of methoxy groups -OCH3 is 2. The first-order valence-corrected chi connectivity index (χ1v) is 28.1. The van der Waals surface area contributed by atoms with Gasteiger partial charge in [-0.1, -0.05) is 58.5 Å². The van der Waals surface area contributed by atoms with Gasteiger partial charge in [0.25, 0.3) is 11.7 Å². The molecule has 3 N–H and O–H groups in total. The monoisotopic (exact) mass is 1310 g/mol. The number of piperazine rings is 2. The Labute approximate surface area is 515 Å². The van der Waals surface area contributed by atoms with Gasteiger partial charge in [0.05, 0.1) is 73.5 Å². The molecule has 2 fully saturated rings. The first-order valence-electron chi connectivity index (χ1n) is 25.6. The van der Waals surface area contributed by atoms with E-state index < -0.39 is 57.9 Å². The van der Waals surface area contributed by atoms with Crippen LogP contribution in [0.25, 0.3) is 0 Å². The lowest BCUT2D eigenvalue weighted by atomic mass is 10.1.